The van der Waals surface area contributed by atoms with Gasteiger partial charge in [-0.25, -0.2) is 0 Å². The lowest BCUT2D eigenvalue weighted by molar-refractivity contribution is -0.0391. The van der Waals surface area contributed by atoms with E-state index in [1.165, 1.54) is 0 Å². The van der Waals surface area contributed by atoms with E-state index in [-0.39, 0.29) is 11.9 Å². The number of rotatable bonds is 4. The van der Waals surface area contributed by atoms with Crippen LogP contribution in [0.25, 0.3) is 0 Å². The SMILES string of the molecule is FOc1ccc(COC2CCOCC2)cc1. The lowest BCUT2D eigenvalue weighted by atomic mass is 10.1. The minimum Gasteiger partial charge on any atom is -0.381 e. The Hall–Kier alpha value is -1.13. The molecule has 0 aromatic heterocycles. The molecule has 1 saturated heterocycles. The summed E-state index contributed by atoms with van der Waals surface area (Å²) in [5, 5.41) is 0. The number of benzene rings is 1. The maximum atomic E-state index is 11.8. The summed E-state index contributed by atoms with van der Waals surface area (Å²) in [5.41, 5.74) is 1.02. The Morgan fingerprint density at radius 1 is 1.19 bits per heavy atom. The first kappa shape index (κ1) is 11.4. The summed E-state index contributed by atoms with van der Waals surface area (Å²) in [7, 11) is 0. The van der Waals surface area contributed by atoms with Gasteiger partial charge in [0, 0.05) is 17.7 Å². The summed E-state index contributed by atoms with van der Waals surface area (Å²) in [5.74, 6) is 0.217. The van der Waals surface area contributed by atoms with Crippen molar-refractivity contribution >= 4 is 0 Å². The quantitative estimate of drug-likeness (QED) is 0.790. The average molecular weight is 226 g/mol. The first-order valence-corrected chi connectivity index (χ1v) is 5.45. The Labute approximate surface area is 94.0 Å². The molecule has 0 atom stereocenters. The van der Waals surface area contributed by atoms with Gasteiger partial charge in [-0.15, -0.1) is 0 Å². The minimum absolute atomic E-state index is 0.217. The molecule has 16 heavy (non-hydrogen) atoms. The highest BCUT2D eigenvalue weighted by Gasteiger charge is 2.13. The first-order valence-electron chi connectivity index (χ1n) is 5.45. The van der Waals surface area contributed by atoms with Gasteiger partial charge in [0.05, 0.1) is 12.7 Å². The third kappa shape index (κ3) is 3.18. The molecular formula is C12H15FO3. The molecule has 0 bridgehead atoms. The zero-order valence-electron chi connectivity index (χ0n) is 9.02. The fourth-order valence-electron chi connectivity index (χ4n) is 1.69. The molecule has 1 aromatic carbocycles. The van der Waals surface area contributed by atoms with Crippen molar-refractivity contribution in [3.05, 3.63) is 29.8 Å². The molecule has 0 unspecified atom stereocenters. The van der Waals surface area contributed by atoms with Gasteiger partial charge in [0.25, 0.3) is 0 Å². The van der Waals surface area contributed by atoms with Crippen LogP contribution >= 0.6 is 0 Å². The molecule has 0 aliphatic carbocycles. The molecular weight excluding hydrogens is 211 g/mol. The van der Waals surface area contributed by atoms with Gasteiger partial charge >= 0.3 is 0 Å². The molecule has 0 saturated carbocycles. The predicted molar refractivity (Wildman–Crippen MR) is 56.8 cm³/mol. The summed E-state index contributed by atoms with van der Waals surface area (Å²) in [4.78, 5) is 3.61. The highest BCUT2D eigenvalue weighted by Crippen LogP contribution is 2.16. The second-order valence-electron chi connectivity index (χ2n) is 3.84. The molecule has 1 aliphatic heterocycles. The number of hydrogen-bond acceptors (Lipinski definition) is 3. The normalized spacial score (nSPS) is 17.3. The number of hydrogen-bond donors (Lipinski definition) is 0. The Morgan fingerprint density at radius 2 is 1.88 bits per heavy atom. The molecule has 2 rings (SSSR count). The smallest absolute Gasteiger partial charge is 0.171 e. The van der Waals surface area contributed by atoms with Crippen molar-refractivity contribution in [2.24, 2.45) is 0 Å². The number of halogens is 1. The van der Waals surface area contributed by atoms with Crippen LogP contribution in [0.15, 0.2) is 24.3 Å². The summed E-state index contributed by atoms with van der Waals surface area (Å²) >= 11 is 0. The summed E-state index contributed by atoms with van der Waals surface area (Å²) in [6.45, 7) is 2.11. The summed E-state index contributed by atoms with van der Waals surface area (Å²) in [6, 6.07) is 6.77. The average Bonchev–Trinajstić information content (AvgIpc) is 2.38. The van der Waals surface area contributed by atoms with E-state index in [2.05, 4.69) is 4.94 Å². The van der Waals surface area contributed by atoms with Gasteiger partial charge in [-0.2, -0.15) is 0 Å². The zero-order chi connectivity index (χ0) is 11.2. The van der Waals surface area contributed by atoms with E-state index in [9.17, 15) is 4.53 Å². The van der Waals surface area contributed by atoms with Crippen LogP contribution in [0.4, 0.5) is 4.53 Å². The molecule has 4 heteroatoms. The highest BCUT2D eigenvalue weighted by atomic mass is 19.3. The van der Waals surface area contributed by atoms with Crippen molar-refractivity contribution in [1.29, 1.82) is 0 Å². The Kier molecular flexibility index (Phi) is 4.13. The first-order chi connectivity index (χ1) is 7.88. The minimum atomic E-state index is 0.217. The van der Waals surface area contributed by atoms with E-state index in [1.54, 1.807) is 24.3 Å². The standard InChI is InChI=1S/C12H15FO3/c13-16-12-3-1-10(2-4-12)9-15-11-5-7-14-8-6-11/h1-4,11H,5-9H2. The molecule has 0 amide bonds. The fourth-order valence-corrected chi connectivity index (χ4v) is 1.69. The highest BCUT2D eigenvalue weighted by molar-refractivity contribution is 5.26. The molecule has 1 heterocycles. The monoisotopic (exact) mass is 226 g/mol. The van der Waals surface area contributed by atoms with E-state index < -0.39 is 0 Å². The second-order valence-corrected chi connectivity index (χ2v) is 3.84. The summed E-state index contributed by atoms with van der Waals surface area (Å²) < 4.78 is 22.8. The van der Waals surface area contributed by atoms with Crippen LogP contribution in [0, 0.1) is 0 Å². The topological polar surface area (TPSA) is 27.7 Å². The van der Waals surface area contributed by atoms with E-state index in [1.807, 2.05) is 0 Å². The van der Waals surface area contributed by atoms with Crippen molar-refractivity contribution in [3.8, 4) is 5.75 Å². The van der Waals surface area contributed by atoms with Gasteiger partial charge in [0.1, 0.15) is 0 Å². The van der Waals surface area contributed by atoms with E-state index in [0.717, 1.165) is 31.6 Å². The van der Waals surface area contributed by atoms with Crippen LogP contribution in [-0.4, -0.2) is 19.3 Å². The Bertz CT molecular complexity index is 307. The van der Waals surface area contributed by atoms with E-state index in [4.69, 9.17) is 9.47 Å². The van der Waals surface area contributed by atoms with Crippen molar-refractivity contribution in [1.82, 2.24) is 0 Å². The van der Waals surface area contributed by atoms with Crippen molar-refractivity contribution < 1.29 is 18.9 Å². The van der Waals surface area contributed by atoms with Crippen LogP contribution in [-0.2, 0) is 16.1 Å². The molecule has 3 nitrogen and oxygen atoms in total. The molecule has 0 radical (unpaired) electrons. The number of ether oxygens (including phenoxy) is 2. The molecule has 0 spiro atoms. The Morgan fingerprint density at radius 3 is 2.50 bits per heavy atom. The maximum absolute atomic E-state index is 11.8. The third-order valence-electron chi connectivity index (χ3n) is 2.67. The van der Waals surface area contributed by atoms with Gasteiger partial charge in [0.2, 0.25) is 0 Å². The fraction of sp³-hybridized carbons (Fsp3) is 0.500. The van der Waals surface area contributed by atoms with Gasteiger partial charge in [0.15, 0.2) is 5.75 Å². The van der Waals surface area contributed by atoms with E-state index in [0.29, 0.717) is 6.61 Å². The van der Waals surface area contributed by atoms with E-state index >= 15 is 0 Å². The molecule has 0 N–H and O–H groups in total. The molecule has 1 fully saturated rings. The van der Waals surface area contributed by atoms with Gasteiger partial charge in [-0.05, 0) is 30.5 Å². The van der Waals surface area contributed by atoms with Crippen LogP contribution in [0.2, 0.25) is 0 Å². The van der Waals surface area contributed by atoms with Gasteiger partial charge in [-0.3, -0.25) is 4.94 Å². The second kappa shape index (κ2) is 5.82. The van der Waals surface area contributed by atoms with Crippen molar-refractivity contribution in [2.45, 2.75) is 25.6 Å². The van der Waals surface area contributed by atoms with Crippen LogP contribution in [0.5, 0.6) is 5.75 Å². The largest absolute Gasteiger partial charge is 0.381 e. The predicted octanol–water partition coefficient (Wildman–Crippen LogP) is 2.65. The zero-order valence-corrected chi connectivity index (χ0v) is 9.02. The Balaban J connectivity index is 1.79. The molecule has 1 aliphatic rings. The summed E-state index contributed by atoms with van der Waals surface area (Å²) in [6.07, 6.45) is 2.18. The van der Waals surface area contributed by atoms with Gasteiger partial charge in [-0.1, -0.05) is 12.1 Å². The van der Waals surface area contributed by atoms with Crippen LogP contribution in [0.3, 0.4) is 0 Å². The van der Waals surface area contributed by atoms with Crippen molar-refractivity contribution in [3.63, 3.8) is 0 Å². The van der Waals surface area contributed by atoms with Crippen LogP contribution in [0.1, 0.15) is 18.4 Å². The third-order valence-corrected chi connectivity index (χ3v) is 2.67. The lowest BCUT2D eigenvalue weighted by Gasteiger charge is -2.22. The lowest BCUT2D eigenvalue weighted by Crippen LogP contribution is -2.23. The van der Waals surface area contributed by atoms with Crippen LogP contribution < -0.4 is 4.94 Å². The van der Waals surface area contributed by atoms with Gasteiger partial charge < -0.3 is 9.47 Å². The maximum Gasteiger partial charge on any atom is 0.171 e. The molecule has 88 valence electrons. The molecule has 1 aromatic rings. The van der Waals surface area contributed by atoms with Crippen molar-refractivity contribution in [2.75, 3.05) is 13.2 Å².